The van der Waals surface area contributed by atoms with Crippen molar-refractivity contribution in [2.24, 2.45) is 23.3 Å². The number of likely N-dealkylation sites (tertiary alicyclic amines) is 2. The van der Waals surface area contributed by atoms with Crippen molar-refractivity contribution in [1.29, 1.82) is 0 Å². The van der Waals surface area contributed by atoms with Crippen LogP contribution in [-0.2, 0) is 19.2 Å². The summed E-state index contributed by atoms with van der Waals surface area (Å²) in [4.78, 5) is 51.5. The molecule has 0 aromatic heterocycles. The SMILES string of the molecule is NCCNC(=O)C1CC(=O)N(CCSSCCN2CC(C(=O)NCCN)CC2=O)C1. The number of rotatable bonds is 13. The van der Waals surface area contributed by atoms with Gasteiger partial charge in [0.1, 0.15) is 0 Å². The third kappa shape index (κ3) is 7.64. The highest BCUT2D eigenvalue weighted by atomic mass is 33.1. The topological polar surface area (TPSA) is 151 Å². The lowest BCUT2D eigenvalue weighted by molar-refractivity contribution is -0.129. The first-order chi connectivity index (χ1) is 14.5. The molecule has 10 nitrogen and oxygen atoms in total. The average molecular weight is 461 g/mol. The molecule has 170 valence electrons. The van der Waals surface area contributed by atoms with E-state index in [1.807, 2.05) is 0 Å². The molecule has 2 fully saturated rings. The van der Waals surface area contributed by atoms with Gasteiger partial charge in [0.15, 0.2) is 0 Å². The number of hydrogen-bond acceptors (Lipinski definition) is 8. The monoisotopic (exact) mass is 460 g/mol. The van der Waals surface area contributed by atoms with Crippen LogP contribution in [0.15, 0.2) is 0 Å². The van der Waals surface area contributed by atoms with Gasteiger partial charge in [-0.05, 0) is 0 Å². The van der Waals surface area contributed by atoms with Gasteiger partial charge in [-0.15, -0.1) is 0 Å². The third-order valence-electron chi connectivity index (χ3n) is 5.03. The minimum Gasteiger partial charge on any atom is -0.355 e. The zero-order valence-electron chi connectivity index (χ0n) is 17.1. The quantitative estimate of drug-likeness (QED) is 0.186. The highest BCUT2D eigenvalue weighted by Gasteiger charge is 2.34. The maximum atomic E-state index is 12.1. The maximum Gasteiger partial charge on any atom is 0.225 e. The van der Waals surface area contributed by atoms with Crippen LogP contribution in [-0.4, -0.2) is 97.3 Å². The summed E-state index contributed by atoms with van der Waals surface area (Å²) in [7, 11) is 3.29. The Morgan fingerprint density at radius 3 is 1.60 bits per heavy atom. The standard InChI is InChI=1S/C18H32N6O4S2/c19-1-3-21-17(27)13-9-15(25)23(11-13)5-7-29-30-8-6-24-12-14(10-16(24)26)18(28)22-4-2-20/h13-14H,1-12,19-20H2,(H,21,27)(H,22,28). The average Bonchev–Trinajstić information content (AvgIpc) is 3.29. The second kappa shape index (κ2) is 13.0. The molecule has 12 heteroatoms. The van der Waals surface area contributed by atoms with E-state index in [0.717, 1.165) is 11.5 Å². The Bertz CT molecular complexity index is 571. The molecule has 2 saturated heterocycles. The smallest absolute Gasteiger partial charge is 0.225 e. The van der Waals surface area contributed by atoms with E-state index in [1.165, 1.54) is 0 Å². The fraction of sp³-hybridized carbons (Fsp3) is 0.778. The first kappa shape index (κ1) is 24.8. The normalized spacial score (nSPS) is 21.4. The molecule has 2 atom stereocenters. The van der Waals surface area contributed by atoms with Crippen LogP contribution in [0.5, 0.6) is 0 Å². The van der Waals surface area contributed by atoms with Crippen LogP contribution in [0.25, 0.3) is 0 Å². The number of nitrogens with zero attached hydrogens (tertiary/aromatic N) is 2. The Kier molecular flexibility index (Phi) is 10.8. The van der Waals surface area contributed by atoms with E-state index in [-0.39, 0.29) is 48.3 Å². The third-order valence-corrected chi connectivity index (χ3v) is 7.40. The molecular weight excluding hydrogens is 428 g/mol. The van der Waals surface area contributed by atoms with E-state index < -0.39 is 0 Å². The Morgan fingerprint density at radius 2 is 1.23 bits per heavy atom. The molecular formula is C18H32N6O4S2. The molecule has 0 spiro atoms. The minimum atomic E-state index is -0.294. The van der Waals surface area contributed by atoms with Crippen molar-refractivity contribution in [2.75, 3.05) is 63.9 Å². The molecule has 4 amide bonds. The molecule has 0 radical (unpaired) electrons. The molecule has 0 bridgehead atoms. The summed E-state index contributed by atoms with van der Waals surface area (Å²) in [6.07, 6.45) is 0.511. The summed E-state index contributed by atoms with van der Waals surface area (Å²) >= 11 is 0. The molecule has 6 N–H and O–H groups in total. The van der Waals surface area contributed by atoms with Crippen LogP contribution in [0.4, 0.5) is 0 Å². The molecule has 2 rings (SSSR count). The Labute approximate surface area is 185 Å². The highest BCUT2D eigenvalue weighted by Crippen LogP contribution is 2.25. The lowest BCUT2D eigenvalue weighted by Gasteiger charge is -2.17. The lowest BCUT2D eigenvalue weighted by Crippen LogP contribution is -2.36. The Morgan fingerprint density at radius 1 is 0.833 bits per heavy atom. The Hall–Kier alpha value is -1.50. The summed E-state index contributed by atoms with van der Waals surface area (Å²) in [6.45, 7) is 3.73. The van der Waals surface area contributed by atoms with E-state index in [0.29, 0.717) is 52.4 Å². The first-order valence-corrected chi connectivity index (χ1v) is 12.7. The largest absolute Gasteiger partial charge is 0.355 e. The fourth-order valence-electron chi connectivity index (χ4n) is 3.42. The molecule has 0 aromatic rings. The van der Waals surface area contributed by atoms with Gasteiger partial charge in [0.2, 0.25) is 23.6 Å². The second-order valence-electron chi connectivity index (χ2n) is 7.28. The van der Waals surface area contributed by atoms with Crippen molar-refractivity contribution in [3.63, 3.8) is 0 Å². The summed E-state index contributed by atoms with van der Waals surface area (Å²) < 4.78 is 0. The molecule has 30 heavy (non-hydrogen) atoms. The van der Waals surface area contributed by atoms with Crippen LogP contribution in [0.3, 0.4) is 0 Å². The molecule has 2 unspecified atom stereocenters. The van der Waals surface area contributed by atoms with Gasteiger partial charge < -0.3 is 31.9 Å². The number of nitrogens with two attached hydrogens (primary N) is 2. The first-order valence-electron chi connectivity index (χ1n) is 10.2. The van der Waals surface area contributed by atoms with Crippen molar-refractivity contribution in [1.82, 2.24) is 20.4 Å². The summed E-state index contributed by atoms with van der Waals surface area (Å²) in [6, 6.07) is 0. The molecule has 2 aliphatic rings. The molecule has 2 aliphatic heterocycles. The van der Waals surface area contributed by atoms with Crippen LogP contribution in [0, 0.1) is 11.8 Å². The van der Waals surface area contributed by atoms with Gasteiger partial charge in [-0.1, -0.05) is 21.6 Å². The number of nitrogens with one attached hydrogen (secondary N) is 2. The summed E-state index contributed by atoms with van der Waals surface area (Å²) in [5.41, 5.74) is 10.8. The zero-order chi connectivity index (χ0) is 21.9. The van der Waals surface area contributed by atoms with E-state index in [2.05, 4.69) is 10.6 Å². The van der Waals surface area contributed by atoms with E-state index in [4.69, 9.17) is 11.5 Å². The predicted molar refractivity (Wildman–Crippen MR) is 118 cm³/mol. The van der Waals surface area contributed by atoms with Crippen molar-refractivity contribution in [3.05, 3.63) is 0 Å². The van der Waals surface area contributed by atoms with Gasteiger partial charge in [0.05, 0.1) is 11.8 Å². The number of amides is 4. The number of hydrogen-bond donors (Lipinski definition) is 4. The van der Waals surface area contributed by atoms with Crippen LogP contribution in [0.2, 0.25) is 0 Å². The highest BCUT2D eigenvalue weighted by molar-refractivity contribution is 8.76. The van der Waals surface area contributed by atoms with Gasteiger partial charge in [-0.3, -0.25) is 19.2 Å². The predicted octanol–water partition coefficient (Wildman–Crippen LogP) is -1.79. The van der Waals surface area contributed by atoms with Gasteiger partial charge in [-0.25, -0.2) is 0 Å². The maximum absolute atomic E-state index is 12.1. The lowest BCUT2D eigenvalue weighted by atomic mass is 10.1. The van der Waals surface area contributed by atoms with Gasteiger partial charge in [-0.2, -0.15) is 0 Å². The molecule has 0 saturated carbocycles. The fourth-order valence-corrected chi connectivity index (χ4v) is 5.40. The summed E-state index contributed by atoms with van der Waals surface area (Å²) in [5, 5.41) is 5.47. The molecule has 2 heterocycles. The van der Waals surface area contributed by atoms with E-state index in [9.17, 15) is 19.2 Å². The van der Waals surface area contributed by atoms with Crippen LogP contribution < -0.4 is 22.1 Å². The van der Waals surface area contributed by atoms with Crippen LogP contribution in [0.1, 0.15) is 12.8 Å². The number of carbonyl (C=O) groups is 4. The Balaban J connectivity index is 1.57. The van der Waals surface area contributed by atoms with E-state index >= 15 is 0 Å². The van der Waals surface area contributed by atoms with Crippen molar-refractivity contribution in [3.8, 4) is 0 Å². The summed E-state index contributed by atoms with van der Waals surface area (Å²) in [5.74, 6) is 0.727. The minimum absolute atomic E-state index is 0.00937. The van der Waals surface area contributed by atoms with Gasteiger partial charge in [0, 0.05) is 76.7 Å². The van der Waals surface area contributed by atoms with Gasteiger partial charge in [0.25, 0.3) is 0 Å². The molecule has 0 aliphatic carbocycles. The number of carbonyl (C=O) groups excluding carboxylic acids is 4. The zero-order valence-corrected chi connectivity index (χ0v) is 18.8. The molecule has 0 aromatic carbocycles. The second-order valence-corrected chi connectivity index (χ2v) is 9.99. The van der Waals surface area contributed by atoms with Gasteiger partial charge >= 0.3 is 0 Å². The van der Waals surface area contributed by atoms with Crippen molar-refractivity contribution < 1.29 is 19.2 Å². The van der Waals surface area contributed by atoms with E-state index in [1.54, 1.807) is 31.4 Å². The van der Waals surface area contributed by atoms with Crippen molar-refractivity contribution >= 4 is 45.2 Å². The van der Waals surface area contributed by atoms with Crippen molar-refractivity contribution in [2.45, 2.75) is 12.8 Å². The van der Waals surface area contributed by atoms with Crippen LogP contribution >= 0.6 is 21.6 Å².